The van der Waals surface area contributed by atoms with Crippen LogP contribution < -0.4 is 5.01 Å². The van der Waals surface area contributed by atoms with Crippen LogP contribution in [0.1, 0.15) is 52.2 Å². The molecule has 2 aromatic rings. The second kappa shape index (κ2) is 8.75. The molecule has 0 spiro atoms. The molecular weight excluding hydrogens is 416 g/mol. The fraction of sp³-hybridized carbons (Fsp3) is 0.400. The smallest absolute Gasteiger partial charge is 0.261 e. The number of carbonyl (C=O) groups excluding carboxylic acids is 2. The van der Waals surface area contributed by atoms with Crippen molar-refractivity contribution in [3.63, 3.8) is 0 Å². The van der Waals surface area contributed by atoms with E-state index in [2.05, 4.69) is 21.1 Å². The number of amides is 2. The van der Waals surface area contributed by atoms with Crippen molar-refractivity contribution >= 4 is 23.8 Å². The first-order valence-electron chi connectivity index (χ1n) is 11.4. The fourth-order valence-corrected chi connectivity index (χ4v) is 4.73. The van der Waals surface area contributed by atoms with Crippen LogP contribution in [0.2, 0.25) is 0 Å². The molecule has 1 unspecified atom stereocenters. The highest BCUT2D eigenvalue weighted by Crippen LogP contribution is 2.29. The third-order valence-corrected chi connectivity index (χ3v) is 6.94. The molecule has 1 saturated carbocycles. The lowest BCUT2D eigenvalue weighted by molar-refractivity contribution is -0.118. The first kappa shape index (κ1) is 21.3. The predicted octanol–water partition coefficient (Wildman–Crippen LogP) is 2.69. The minimum atomic E-state index is -0.521. The number of benzene rings is 1. The van der Waals surface area contributed by atoms with E-state index in [1.807, 2.05) is 11.8 Å². The zero-order valence-electron chi connectivity index (χ0n) is 18.6. The topological polar surface area (TPSA) is 92.9 Å². The summed E-state index contributed by atoms with van der Waals surface area (Å²) in [6, 6.07) is 11.5. The Morgan fingerprint density at radius 2 is 1.91 bits per heavy atom. The van der Waals surface area contributed by atoms with Gasteiger partial charge in [-0.2, -0.15) is 15.4 Å². The lowest BCUT2D eigenvalue weighted by Crippen LogP contribution is -2.53. The number of aryl methyl sites for hydroxylation is 1. The van der Waals surface area contributed by atoms with Crippen LogP contribution in [0, 0.1) is 18.3 Å². The molecule has 168 valence electrons. The maximum absolute atomic E-state index is 13.0. The molecule has 2 amide bonds. The van der Waals surface area contributed by atoms with Crippen LogP contribution in [0.15, 0.2) is 41.6 Å². The summed E-state index contributed by atoms with van der Waals surface area (Å²) in [5.41, 5.74) is 2.76. The first-order valence-corrected chi connectivity index (χ1v) is 11.4. The van der Waals surface area contributed by atoms with Crippen LogP contribution in [0.25, 0.3) is 0 Å². The number of piperazine rings is 1. The minimum absolute atomic E-state index is 0.0235. The highest BCUT2D eigenvalue weighted by Gasteiger charge is 2.33. The molecule has 1 saturated heterocycles. The van der Waals surface area contributed by atoms with Gasteiger partial charge in [0, 0.05) is 44.6 Å². The van der Waals surface area contributed by atoms with Crippen molar-refractivity contribution in [1.82, 2.24) is 14.8 Å². The average Bonchev–Trinajstić information content (AvgIpc) is 3.19. The van der Waals surface area contributed by atoms with E-state index in [0.29, 0.717) is 23.0 Å². The number of rotatable bonds is 4. The van der Waals surface area contributed by atoms with E-state index in [-0.39, 0.29) is 11.8 Å². The molecule has 1 atom stereocenters. The highest BCUT2D eigenvalue weighted by atomic mass is 16.2. The largest absolute Gasteiger partial charge is 0.336 e. The molecular formula is C25H26N6O2. The van der Waals surface area contributed by atoms with E-state index in [4.69, 9.17) is 5.26 Å². The molecule has 1 aromatic carbocycles. The Labute approximate surface area is 193 Å². The Morgan fingerprint density at radius 3 is 2.52 bits per heavy atom. The van der Waals surface area contributed by atoms with E-state index in [1.54, 1.807) is 36.5 Å². The molecule has 1 aliphatic carbocycles. The van der Waals surface area contributed by atoms with Gasteiger partial charge in [0.25, 0.3) is 11.8 Å². The molecule has 2 aliphatic heterocycles. The number of hydrazone groups is 1. The summed E-state index contributed by atoms with van der Waals surface area (Å²) < 4.78 is 0. The Hall–Kier alpha value is -3.57. The molecule has 1 aromatic heterocycles. The molecule has 8 nitrogen and oxygen atoms in total. The zero-order valence-corrected chi connectivity index (χ0v) is 18.6. The van der Waals surface area contributed by atoms with Gasteiger partial charge in [-0.1, -0.05) is 12.5 Å². The maximum atomic E-state index is 13.0. The van der Waals surface area contributed by atoms with Gasteiger partial charge in [-0.3, -0.25) is 14.5 Å². The molecule has 0 bridgehead atoms. The number of anilines is 1. The normalized spacial score (nSPS) is 21.2. The van der Waals surface area contributed by atoms with Crippen LogP contribution in [-0.2, 0) is 4.79 Å². The standard InChI is InChI=1S/C25H26N6O2/c1-17-13-18(14-26)5-7-21(17)22-16-28-31(25(22)33)23-8-6-19(15-27-23)24(32)30-11-9-29(10-12-30)20-3-2-4-20/h5-8,13,15-16,20,22H,2-4,9-12H2,1H3. The monoisotopic (exact) mass is 442 g/mol. The van der Waals surface area contributed by atoms with E-state index < -0.39 is 5.92 Å². The van der Waals surface area contributed by atoms with Gasteiger partial charge in [0.2, 0.25) is 0 Å². The summed E-state index contributed by atoms with van der Waals surface area (Å²) >= 11 is 0. The van der Waals surface area contributed by atoms with Crippen molar-refractivity contribution in [2.24, 2.45) is 5.10 Å². The SMILES string of the molecule is Cc1cc(C#N)ccc1C1C=NN(c2ccc(C(=O)N3CCN(C4CCC4)CC3)cn2)C1=O. The van der Waals surface area contributed by atoms with E-state index in [9.17, 15) is 9.59 Å². The molecule has 8 heteroatoms. The molecule has 3 heterocycles. The minimum Gasteiger partial charge on any atom is -0.336 e. The van der Waals surface area contributed by atoms with Crippen molar-refractivity contribution in [3.05, 3.63) is 58.8 Å². The Bertz CT molecular complexity index is 1140. The van der Waals surface area contributed by atoms with Crippen LogP contribution in [0.5, 0.6) is 0 Å². The summed E-state index contributed by atoms with van der Waals surface area (Å²) in [4.78, 5) is 34.7. The fourth-order valence-electron chi connectivity index (χ4n) is 4.73. The third-order valence-electron chi connectivity index (χ3n) is 6.94. The Kier molecular flexibility index (Phi) is 5.65. The summed E-state index contributed by atoms with van der Waals surface area (Å²) in [5.74, 6) is -0.365. The number of hydrogen-bond donors (Lipinski definition) is 0. The molecule has 5 rings (SSSR count). The second-order valence-corrected chi connectivity index (χ2v) is 8.89. The predicted molar refractivity (Wildman–Crippen MR) is 124 cm³/mol. The van der Waals surface area contributed by atoms with E-state index in [0.717, 1.165) is 37.3 Å². The quantitative estimate of drug-likeness (QED) is 0.726. The molecule has 2 fully saturated rings. The number of nitrogens with zero attached hydrogens (tertiary/aromatic N) is 6. The van der Waals surface area contributed by atoms with Crippen molar-refractivity contribution in [2.75, 3.05) is 31.2 Å². The van der Waals surface area contributed by atoms with Gasteiger partial charge in [-0.05, 0) is 55.2 Å². The second-order valence-electron chi connectivity index (χ2n) is 8.89. The number of aromatic nitrogens is 1. The van der Waals surface area contributed by atoms with Crippen LogP contribution >= 0.6 is 0 Å². The Balaban J connectivity index is 1.23. The van der Waals surface area contributed by atoms with Crippen molar-refractivity contribution in [3.8, 4) is 6.07 Å². The van der Waals surface area contributed by atoms with E-state index >= 15 is 0 Å². The van der Waals surface area contributed by atoms with Gasteiger partial charge < -0.3 is 4.90 Å². The Morgan fingerprint density at radius 1 is 1.12 bits per heavy atom. The van der Waals surface area contributed by atoms with Gasteiger partial charge in [0.1, 0.15) is 5.92 Å². The molecule has 3 aliphatic rings. The van der Waals surface area contributed by atoms with Gasteiger partial charge >= 0.3 is 0 Å². The third kappa shape index (κ3) is 4.00. The van der Waals surface area contributed by atoms with Crippen molar-refractivity contribution < 1.29 is 9.59 Å². The maximum Gasteiger partial charge on any atom is 0.261 e. The van der Waals surface area contributed by atoms with Gasteiger partial charge in [0.15, 0.2) is 5.82 Å². The number of hydrogen-bond acceptors (Lipinski definition) is 6. The molecule has 0 radical (unpaired) electrons. The van der Waals surface area contributed by atoms with Gasteiger partial charge in [-0.15, -0.1) is 0 Å². The number of nitriles is 1. The van der Waals surface area contributed by atoms with Gasteiger partial charge in [0.05, 0.1) is 17.2 Å². The summed E-state index contributed by atoms with van der Waals surface area (Å²) in [7, 11) is 0. The van der Waals surface area contributed by atoms with Crippen molar-refractivity contribution in [1.29, 1.82) is 5.26 Å². The lowest BCUT2D eigenvalue weighted by atomic mass is 9.91. The molecule has 0 N–H and O–H groups in total. The van der Waals surface area contributed by atoms with Crippen molar-refractivity contribution in [2.45, 2.75) is 38.1 Å². The molecule has 33 heavy (non-hydrogen) atoms. The average molecular weight is 443 g/mol. The summed E-state index contributed by atoms with van der Waals surface area (Å²) in [5, 5.41) is 14.6. The summed E-state index contributed by atoms with van der Waals surface area (Å²) in [6.45, 7) is 5.20. The lowest BCUT2D eigenvalue weighted by Gasteiger charge is -2.42. The number of carbonyl (C=O) groups is 2. The summed E-state index contributed by atoms with van der Waals surface area (Å²) in [6.07, 6.45) is 7.00. The van der Waals surface area contributed by atoms with Gasteiger partial charge in [-0.25, -0.2) is 4.98 Å². The highest BCUT2D eigenvalue weighted by molar-refractivity contribution is 6.12. The first-order chi connectivity index (χ1) is 16.0. The zero-order chi connectivity index (χ0) is 22.9. The number of pyridine rings is 1. The van der Waals surface area contributed by atoms with Crippen LogP contribution in [0.3, 0.4) is 0 Å². The van der Waals surface area contributed by atoms with E-state index in [1.165, 1.54) is 30.5 Å². The van der Waals surface area contributed by atoms with Crippen LogP contribution in [-0.4, -0.2) is 65.0 Å². The van der Waals surface area contributed by atoms with Crippen LogP contribution in [0.4, 0.5) is 5.82 Å².